The van der Waals surface area contributed by atoms with Crippen LogP contribution in [0, 0.1) is 0 Å². The summed E-state index contributed by atoms with van der Waals surface area (Å²) in [5.41, 5.74) is 2.42. The highest BCUT2D eigenvalue weighted by molar-refractivity contribution is 5.66. The third-order valence-corrected chi connectivity index (χ3v) is 1.26. The lowest BCUT2D eigenvalue weighted by Crippen LogP contribution is -2.36. The van der Waals surface area contributed by atoms with E-state index in [4.69, 9.17) is 0 Å². The smallest absolute Gasteiger partial charge is 0.421 e. The van der Waals surface area contributed by atoms with Crippen molar-refractivity contribution in [2.24, 2.45) is 0 Å². The highest BCUT2D eigenvalue weighted by Gasteiger charge is 1.97. The van der Waals surface area contributed by atoms with Crippen molar-refractivity contribution in [1.29, 1.82) is 0 Å². The first-order valence-electron chi connectivity index (χ1n) is 4.77. The van der Waals surface area contributed by atoms with Crippen LogP contribution in [0.5, 0.6) is 0 Å². The molecular weight excluding hydrogens is 192 g/mol. The van der Waals surface area contributed by atoms with Crippen molar-refractivity contribution in [2.45, 2.75) is 6.92 Å². The molecule has 1 amide bonds. The Morgan fingerprint density at radius 3 is 1.80 bits per heavy atom. The van der Waals surface area contributed by atoms with Gasteiger partial charge in [-0.05, 0) is 6.92 Å². The summed E-state index contributed by atoms with van der Waals surface area (Å²) >= 11 is 0. The van der Waals surface area contributed by atoms with E-state index < -0.39 is 6.09 Å². The average Bonchev–Trinajstić information content (AvgIpc) is 2.20. The van der Waals surface area contributed by atoms with Crippen molar-refractivity contribution in [3.05, 3.63) is 36.4 Å². The first-order valence-corrected chi connectivity index (χ1v) is 4.77. The second-order valence-corrected chi connectivity index (χ2v) is 2.88. The Kier molecular flexibility index (Phi) is 8.09. The quantitative estimate of drug-likeness (QED) is 0.758. The summed E-state index contributed by atoms with van der Waals surface area (Å²) in [6.07, 6.45) is -0.414. The van der Waals surface area contributed by atoms with E-state index in [9.17, 15) is 4.79 Å². The molecule has 0 radical (unpaired) electrons. The molecule has 0 spiro atoms. The molecule has 0 saturated carbocycles. The highest BCUT2D eigenvalue weighted by atomic mass is 16.6. The minimum Gasteiger partial charge on any atom is -0.449 e. The number of nitrogens with one attached hydrogen (secondary N) is 1. The number of hydrogen-bond acceptors (Lipinski definition) is 3. The summed E-state index contributed by atoms with van der Waals surface area (Å²) in [4.78, 5) is 10.5. The van der Waals surface area contributed by atoms with Crippen molar-refractivity contribution in [1.82, 2.24) is 10.4 Å². The minimum absolute atomic E-state index is 0.402. The Balaban J connectivity index is 0.000000280. The molecule has 0 aliphatic rings. The van der Waals surface area contributed by atoms with E-state index in [2.05, 4.69) is 10.2 Å². The molecule has 0 aliphatic carbocycles. The van der Waals surface area contributed by atoms with Crippen LogP contribution in [0.4, 0.5) is 4.79 Å². The molecule has 1 rings (SSSR count). The summed E-state index contributed by atoms with van der Waals surface area (Å²) in [5, 5.41) is 1.53. The van der Waals surface area contributed by atoms with Crippen LogP contribution in [0.25, 0.3) is 0 Å². The van der Waals surface area contributed by atoms with Gasteiger partial charge in [0.05, 0.1) is 6.61 Å². The van der Waals surface area contributed by atoms with Crippen LogP contribution in [-0.2, 0) is 4.74 Å². The lowest BCUT2D eigenvalue weighted by atomic mass is 10.4. The van der Waals surface area contributed by atoms with Gasteiger partial charge >= 0.3 is 6.09 Å². The fourth-order valence-corrected chi connectivity index (χ4v) is 0.731. The summed E-state index contributed by atoms with van der Waals surface area (Å²) in [6.45, 7) is 2.16. The molecule has 0 heterocycles. The first-order chi connectivity index (χ1) is 7.16. The molecule has 0 aliphatic heterocycles. The normalized spacial score (nSPS) is 8.80. The summed E-state index contributed by atoms with van der Waals surface area (Å²) in [6, 6.07) is 12.0. The highest BCUT2D eigenvalue weighted by Crippen LogP contribution is 1.80. The van der Waals surface area contributed by atoms with Gasteiger partial charge in [-0.3, -0.25) is 5.43 Å². The number of amides is 1. The van der Waals surface area contributed by atoms with Gasteiger partial charge in [-0.15, -0.1) is 0 Å². The molecule has 15 heavy (non-hydrogen) atoms. The van der Waals surface area contributed by atoms with Crippen LogP contribution in [0.1, 0.15) is 6.92 Å². The van der Waals surface area contributed by atoms with E-state index in [-0.39, 0.29) is 0 Å². The topological polar surface area (TPSA) is 41.6 Å². The number of hydrazine groups is 1. The number of hydrogen-bond donors (Lipinski definition) is 1. The van der Waals surface area contributed by atoms with Crippen molar-refractivity contribution < 1.29 is 9.53 Å². The van der Waals surface area contributed by atoms with Crippen LogP contribution in [0.3, 0.4) is 0 Å². The number of benzene rings is 1. The Morgan fingerprint density at radius 2 is 1.53 bits per heavy atom. The SMILES string of the molecule is CCOC(=O)NN(C)C.c1ccccc1. The van der Waals surface area contributed by atoms with Gasteiger partial charge in [0, 0.05) is 14.1 Å². The Bertz CT molecular complexity index is 223. The molecule has 4 nitrogen and oxygen atoms in total. The van der Waals surface area contributed by atoms with Crippen molar-refractivity contribution in [3.63, 3.8) is 0 Å². The van der Waals surface area contributed by atoms with E-state index in [1.54, 1.807) is 21.0 Å². The third kappa shape index (κ3) is 10.4. The Morgan fingerprint density at radius 1 is 1.13 bits per heavy atom. The summed E-state index contributed by atoms with van der Waals surface area (Å²) in [7, 11) is 3.44. The molecule has 0 atom stereocenters. The number of nitrogens with zero attached hydrogens (tertiary/aromatic N) is 1. The summed E-state index contributed by atoms with van der Waals surface area (Å²) < 4.78 is 4.56. The van der Waals surface area contributed by atoms with E-state index in [1.165, 1.54) is 5.01 Å². The van der Waals surface area contributed by atoms with Gasteiger partial charge in [0.15, 0.2) is 0 Å². The van der Waals surface area contributed by atoms with Crippen LogP contribution < -0.4 is 5.43 Å². The molecule has 1 aromatic carbocycles. The lowest BCUT2D eigenvalue weighted by molar-refractivity contribution is 0.127. The van der Waals surface area contributed by atoms with Gasteiger partial charge < -0.3 is 4.74 Å². The maximum absolute atomic E-state index is 10.5. The molecule has 0 saturated heterocycles. The molecule has 0 aromatic heterocycles. The van der Waals surface area contributed by atoms with Crippen molar-refractivity contribution in [3.8, 4) is 0 Å². The van der Waals surface area contributed by atoms with Gasteiger partial charge in [0.25, 0.3) is 0 Å². The van der Waals surface area contributed by atoms with Gasteiger partial charge in [-0.2, -0.15) is 0 Å². The first kappa shape index (κ1) is 13.4. The zero-order valence-electron chi connectivity index (χ0n) is 9.43. The number of carbonyl (C=O) groups excluding carboxylic acids is 1. The lowest BCUT2D eigenvalue weighted by Gasteiger charge is -2.10. The Hall–Kier alpha value is -1.55. The fourth-order valence-electron chi connectivity index (χ4n) is 0.731. The van der Waals surface area contributed by atoms with Crippen LogP contribution >= 0.6 is 0 Å². The largest absolute Gasteiger partial charge is 0.449 e. The minimum atomic E-state index is -0.414. The molecular formula is C11H18N2O2. The predicted octanol–water partition coefficient (Wildman–Crippen LogP) is 1.90. The number of rotatable bonds is 2. The van der Waals surface area contributed by atoms with Crippen LogP contribution in [-0.4, -0.2) is 31.8 Å². The maximum atomic E-state index is 10.5. The van der Waals surface area contributed by atoms with Crippen molar-refractivity contribution >= 4 is 6.09 Å². The van der Waals surface area contributed by atoms with Gasteiger partial charge in [0.1, 0.15) is 0 Å². The standard InChI is InChI=1S/C6H6.C5H12N2O2/c1-2-4-6-5-3-1;1-4-9-5(8)6-7(2)3/h1-6H;4H2,1-3H3,(H,6,8). The molecule has 0 bridgehead atoms. The average molecular weight is 210 g/mol. The van der Waals surface area contributed by atoms with E-state index >= 15 is 0 Å². The van der Waals surface area contributed by atoms with Gasteiger partial charge in [-0.1, -0.05) is 36.4 Å². The Labute approximate surface area is 90.8 Å². The monoisotopic (exact) mass is 210 g/mol. The van der Waals surface area contributed by atoms with Gasteiger partial charge in [0.2, 0.25) is 0 Å². The fraction of sp³-hybridized carbons (Fsp3) is 0.364. The van der Waals surface area contributed by atoms with Gasteiger partial charge in [-0.25, -0.2) is 9.80 Å². The van der Waals surface area contributed by atoms with Crippen LogP contribution in [0.2, 0.25) is 0 Å². The van der Waals surface area contributed by atoms with E-state index in [1.807, 2.05) is 36.4 Å². The van der Waals surface area contributed by atoms with E-state index in [0.29, 0.717) is 6.61 Å². The third-order valence-electron chi connectivity index (χ3n) is 1.26. The zero-order chi connectivity index (χ0) is 11.5. The second kappa shape index (κ2) is 9.02. The molecule has 84 valence electrons. The zero-order valence-corrected chi connectivity index (χ0v) is 9.43. The molecule has 0 fully saturated rings. The molecule has 1 aromatic rings. The van der Waals surface area contributed by atoms with Crippen molar-refractivity contribution in [2.75, 3.05) is 20.7 Å². The predicted molar refractivity (Wildman–Crippen MR) is 60.3 cm³/mol. The molecule has 1 N–H and O–H groups in total. The maximum Gasteiger partial charge on any atom is 0.421 e. The van der Waals surface area contributed by atoms with Crippen LogP contribution in [0.15, 0.2) is 36.4 Å². The number of carbonyl (C=O) groups is 1. The molecule has 4 heteroatoms. The second-order valence-electron chi connectivity index (χ2n) is 2.88. The number of ether oxygens (including phenoxy) is 1. The van der Waals surface area contributed by atoms with E-state index in [0.717, 1.165) is 0 Å². The summed E-state index contributed by atoms with van der Waals surface area (Å²) in [5.74, 6) is 0. The molecule has 0 unspecified atom stereocenters.